The summed E-state index contributed by atoms with van der Waals surface area (Å²) in [7, 11) is 1.92. The molecule has 0 aromatic carbocycles. The molecule has 2 amide bonds. The van der Waals surface area contributed by atoms with Crippen LogP contribution in [0, 0.1) is 0 Å². The Morgan fingerprint density at radius 1 is 1.19 bits per heavy atom. The quantitative estimate of drug-likeness (QED) is 0.861. The lowest BCUT2D eigenvalue weighted by Crippen LogP contribution is -2.51. The molecule has 0 spiro atoms. The van der Waals surface area contributed by atoms with Crippen molar-refractivity contribution in [3.8, 4) is 0 Å². The molecule has 3 rings (SSSR count). The molecule has 2 aromatic rings. The molecule has 1 N–H and O–H groups in total. The van der Waals surface area contributed by atoms with Gasteiger partial charge in [-0.15, -0.1) is 0 Å². The van der Waals surface area contributed by atoms with E-state index in [-0.39, 0.29) is 11.6 Å². The largest absolute Gasteiger partial charge is 0.338 e. The molecule has 8 nitrogen and oxygen atoms in total. The lowest BCUT2D eigenvalue weighted by Gasteiger charge is -2.34. The van der Waals surface area contributed by atoms with Crippen LogP contribution < -0.4 is 5.32 Å². The lowest BCUT2D eigenvalue weighted by molar-refractivity contribution is 0.135. The van der Waals surface area contributed by atoms with E-state index in [4.69, 9.17) is 0 Å². The average molecular weight is 374 g/mol. The van der Waals surface area contributed by atoms with E-state index in [0.717, 1.165) is 44.8 Å². The van der Waals surface area contributed by atoms with Gasteiger partial charge in [0.2, 0.25) is 0 Å². The number of aromatic nitrogens is 4. The third kappa shape index (κ3) is 5.09. The van der Waals surface area contributed by atoms with Crippen molar-refractivity contribution in [3.05, 3.63) is 35.9 Å². The van der Waals surface area contributed by atoms with Gasteiger partial charge in [0.25, 0.3) is 0 Å². The molecule has 0 saturated carbocycles. The fraction of sp³-hybridized carbons (Fsp3) is 0.632. The number of aryl methyl sites for hydroxylation is 1. The Kier molecular flexibility index (Phi) is 5.84. The number of nitrogens with one attached hydrogen (secondary N) is 1. The second-order valence-corrected chi connectivity index (χ2v) is 8.16. The summed E-state index contributed by atoms with van der Waals surface area (Å²) in [5.74, 6) is 0. The molecule has 0 atom stereocenters. The normalized spacial score (nSPS) is 15.9. The van der Waals surface area contributed by atoms with Crippen LogP contribution >= 0.6 is 0 Å². The predicted octanol–water partition coefficient (Wildman–Crippen LogP) is 1.44. The predicted molar refractivity (Wildman–Crippen MR) is 104 cm³/mol. The van der Waals surface area contributed by atoms with Crippen LogP contribution in [-0.2, 0) is 25.6 Å². The minimum absolute atomic E-state index is 0.00448. The minimum atomic E-state index is 0.00448. The summed E-state index contributed by atoms with van der Waals surface area (Å²) < 4.78 is 3.85. The number of carbonyl (C=O) groups excluding carboxylic acids is 1. The molecule has 3 heterocycles. The van der Waals surface area contributed by atoms with Crippen molar-refractivity contribution in [1.29, 1.82) is 0 Å². The average Bonchev–Trinajstić information content (AvgIpc) is 3.25. The first-order valence-electron chi connectivity index (χ1n) is 9.59. The van der Waals surface area contributed by atoms with Crippen LogP contribution in [0.5, 0.6) is 0 Å². The van der Waals surface area contributed by atoms with Gasteiger partial charge in [-0.2, -0.15) is 10.2 Å². The first-order chi connectivity index (χ1) is 12.8. The molecule has 0 unspecified atom stereocenters. The van der Waals surface area contributed by atoms with E-state index in [2.05, 4.69) is 47.4 Å². The van der Waals surface area contributed by atoms with Gasteiger partial charge in [-0.1, -0.05) is 0 Å². The van der Waals surface area contributed by atoms with Crippen LogP contribution in [0.3, 0.4) is 0 Å². The summed E-state index contributed by atoms with van der Waals surface area (Å²) in [6.07, 6.45) is 6.64. The summed E-state index contributed by atoms with van der Waals surface area (Å²) in [6, 6.07) is 2.00. The second kappa shape index (κ2) is 8.12. The van der Waals surface area contributed by atoms with Crippen molar-refractivity contribution >= 4 is 6.03 Å². The molecule has 0 bridgehead atoms. The zero-order valence-corrected chi connectivity index (χ0v) is 16.9. The third-order valence-corrected chi connectivity index (χ3v) is 4.97. The molecule has 27 heavy (non-hydrogen) atoms. The van der Waals surface area contributed by atoms with Crippen molar-refractivity contribution in [2.24, 2.45) is 7.05 Å². The van der Waals surface area contributed by atoms with Gasteiger partial charge >= 0.3 is 6.03 Å². The number of amides is 2. The molecule has 2 aromatic heterocycles. The van der Waals surface area contributed by atoms with Gasteiger partial charge in [0.1, 0.15) is 0 Å². The summed E-state index contributed by atoms with van der Waals surface area (Å²) >= 11 is 0. The lowest BCUT2D eigenvalue weighted by atomic mass is 10.1. The molecule has 1 aliphatic rings. The number of piperazine rings is 1. The fourth-order valence-corrected chi connectivity index (χ4v) is 3.23. The van der Waals surface area contributed by atoms with Gasteiger partial charge in [-0.05, 0) is 26.8 Å². The van der Waals surface area contributed by atoms with E-state index in [9.17, 15) is 4.79 Å². The number of hydrogen-bond donors (Lipinski definition) is 1. The highest BCUT2D eigenvalue weighted by molar-refractivity contribution is 5.74. The van der Waals surface area contributed by atoms with Crippen LogP contribution in [0.25, 0.3) is 0 Å². The van der Waals surface area contributed by atoms with Crippen molar-refractivity contribution in [2.45, 2.75) is 39.3 Å². The van der Waals surface area contributed by atoms with E-state index >= 15 is 0 Å². The zero-order chi connectivity index (χ0) is 19.4. The molecule has 1 fully saturated rings. The molecule has 148 valence electrons. The highest BCUT2D eigenvalue weighted by Crippen LogP contribution is 2.15. The zero-order valence-electron chi connectivity index (χ0n) is 16.9. The monoisotopic (exact) mass is 373 g/mol. The number of carbonyl (C=O) groups is 1. The number of hydrogen-bond acceptors (Lipinski definition) is 4. The topological polar surface area (TPSA) is 71.2 Å². The van der Waals surface area contributed by atoms with Crippen LogP contribution in [0.2, 0.25) is 0 Å². The van der Waals surface area contributed by atoms with Crippen LogP contribution in [0.4, 0.5) is 4.79 Å². The van der Waals surface area contributed by atoms with Crippen LogP contribution in [0.1, 0.15) is 32.0 Å². The van der Waals surface area contributed by atoms with E-state index < -0.39 is 0 Å². The van der Waals surface area contributed by atoms with Gasteiger partial charge in [0.15, 0.2) is 0 Å². The van der Waals surface area contributed by atoms with E-state index in [1.807, 2.05) is 33.6 Å². The van der Waals surface area contributed by atoms with E-state index in [0.29, 0.717) is 6.54 Å². The van der Waals surface area contributed by atoms with Gasteiger partial charge < -0.3 is 10.2 Å². The standard InChI is InChI=1S/C19H31N7O/c1-19(2,3)26-15-16(13-22-26)14-24-9-11-25(12-10-24)18(27)20-7-5-17-6-8-21-23(17)4/h6,8,13,15H,5,7,9-12,14H2,1-4H3,(H,20,27). The Bertz CT molecular complexity index is 750. The molecule has 8 heteroatoms. The molecule has 1 aliphatic heterocycles. The SMILES string of the molecule is Cn1nccc1CCNC(=O)N1CCN(Cc2cnn(C(C)(C)C)c2)CC1. The van der Waals surface area contributed by atoms with Crippen LogP contribution in [-0.4, -0.2) is 68.1 Å². The number of urea groups is 1. The van der Waals surface area contributed by atoms with Gasteiger partial charge in [-0.25, -0.2) is 4.79 Å². The maximum atomic E-state index is 12.4. The summed E-state index contributed by atoms with van der Waals surface area (Å²) in [4.78, 5) is 16.6. The number of nitrogens with zero attached hydrogens (tertiary/aromatic N) is 6. The molecular formula is C19H31N7O. The molecule has 0 radical (unpaired) electrons. The first-order valence-corrected chi connectivity index (χ1v) is 9.59. The number of rotatable bonds is 5. The maximum absolute atomic E-state index is 12.4. The Labute approximate surface area is 161 Å². The van der Waals surface area contributed by atoms with Crippen molar-refractivity contribution < 1.29 is 4.79 Å². The Morgan fingerprint density at radius 2 is 1.93 bits per heavy atom. The summed E-state index contributed by atoms with van der Waals surface area (Å²) in [5, 5.41) is 11.6. The molecule has 0 aliphatic carbocycles. The summed E-state index contributed by atoms with van der Waals surface area (Å²) in [6.45, 7) is 11.2. The van der Waals surface area contributed by atoms with Crippen molar-refractivity contribution in [2.75, 3.05) is 32.7 Å². The van der Waals surface area contributed by atoms with Gasteiger partial charge in [0, 0.05) is 76.4 Å². The van der Waals surface area contributed by atoms with Crippen molar-refractivity contribution in [1.82, 2.24) is 34.7 Å². The van der Waals surface area contributed by atoms with E-state index in [1.54, 1.807) is 6.20 Å². The Balaban J connectivity index is 1.40. The van der Waals surface area contributed by atoms with Gasteiger partial charge in [0.05, 0.1) is 11.7 Å². The molecular weight excluding hydrogens is 342 g/mol. The van der Waals surface area contributed by atoms with Crippen LogP contribution in [0.15, 0.2) is 24.7 Å². The smallest absolute Gasteiger partial charge is 0.317 e. The second-order valence-electron chi connectivity index (χ2n) is 8.16. The highest BCUT2D eigenvalue weighted by Gasteiger charge is 2.22. The third-order valence-electron chi connectivity index (χ3n) is 4.97. The fourth-order valence-electron chi connectivity index (χ4n) is 3.23. The maximum Gasteiger partial charge on any atom is 0.317 e. The van der Waals surface area contributed by atoms with Crippen molar-refractivity contribution in [3.63, 3.8) is 0 Å². The van der Waals surface area contributed by atoms with Gasteiger partial charge in [-0.3, -0.25) is 14.3 Å². The minimum Gasteiger partial charge on any atom is -0.338 e. The highest BCUT2D eigenvalue weighted by atomic mass is 16.2. The summed E-state index contributed by atoms with van der Waals surface area (Å²) in [5.41, 5.74) is 2.35. The Hall–Kier alpha value is -2.35. The van der Waals surface area contributed by atoms with E-state index in [1.165, 1.54) is 5.56 Å². The Morgan fingerprint density at radius 3 is 2.52 bits per heavy atom. The first kappa shape index (κ1) is 19.4. The molecule has 1 saturated heterocycles.